The van der Waals surface area contributed by atoms with Gasteiger partial charge in [-0.2, -0.15) is 0 Å². The van der Waals surface area contributed by atoms with Crippen LogP contribution in [-0.2, 0) is 14.9 Å². The van der Waals surface area contributed by atoms with E-state index in [4.69, 9.17) is 4.74 Å². The number of carbonyl (C=O) groups is 1. The van der Waals surface area contributed by atoms with Crippen LogP contribution in [0.5, 0.6) is 0 Å². The van der Waals surface area contributed by atoms with Crippen molar-refractivity contribution in [1.29, 1.82) is 0 Å². The van der Waals surface area contributed by atoms with Gasteiger partial charge in [-0.05, 0) is 31.7 Å². The van der Waals surface area contributed by atoms with Crippen LogP contribution < -0.4 is 10.2 Å². The van der Waals surface area contributed by atoms with Gasteiger partial charge in [0.1, 0.15) is 22.8 Å². The minimum absolute atomic E-state index is 0.0319. The zero-order chi connectivity index (χ0) is 17.2. The molecular weight excluding hydrogens is 312 g/mol. The number of nitrogens with one attached hydrogen (secondary N) is 1. The van der Waals surface area contributed by atoms with Crippen molar-refractivity contribution in [3.8, 4) is 0 Å². The molecule has 5 rings (SSSR count). The second-order valence-electron chi connectivity index (χ2n) is 8.42. The number of benzene rings is 1. The first-order valence-electron chi connectivity index (χ1n) is 9.77. The van der Waals surface area contributed by atoms with E-state index in [0.29, 0.717) is 6.04 Å². The molecular formula is C21H28N2O2+2. The van der Waals surface area contributed by atoms with Crippen LogP contribution >= 0.6 is 0 Å². The van der Waals surface area contributed by atoms with Gasteiger partial charge in [-0.15, -0.1) is 0 Å². The number of fused-ring (bicyclic) bond motifs is 1. The molecule has 3 aliphatic heterocycles. The van der Waals surface area contributed by atoms with Gasteiger partial charge in [0.05, 0.1) is 25.8 Å². The van der Waals surface area contributed by atoms with Crippen LogP contribution in [0.4, 0.5) is 5.69 Å². The van der Waals surface area contributed by atoms with Gasteiger partial charge < -0.3 is 9.64 Å². The largest absolute Gasteiger partial charge is 0.465 e. The van der Waals surface area contributed by atoms with Gasteiger partial charge in [0.2, 0.25) is 0 Å². The average Bonchev–Trinajstić information content (AvgIpc) is 3.21. The molecule has 4 atom stereocenters. The van der Waals surface area contributed by atoms with E-state index in [2.05, 4.69) is 36.5 Å². The predicted octanol–water partition coefficient (Wildman–Crippen LogP) is 0.811. The molecule has 1 aromatic rings. The Balaban J connectivity index is 1.81. The number of ether oxygens (including phenoxy) is 1. The molecule has 1 spiro atoms. The van der Waals surface area contributed by atoms with E-state index in [1.165, 1.54) is 50.0 Å². The minimum atomic E-state index is -0.108. The van der Waals surface area contributed by atoms with Crippen LogP contribution in [0.1, 0.15) is 44.6 Å². The molecule has 3 N–H and O–H groups in total. The molecule has 4 heteroatoms. The Morgan fingerprint density at radius 1 is 1.32 bits per heavy atom. The number of esters is 1. The summed E-state index contributed by atoms with van der Waals surface area (Å²) < 4.78 is 5.25. The third-order valence-corrected chi connectivity index (χ3v) is 7.74. The van der Waals surface area contributed by atoms with Crippen molar-refractivity contribution in [2.75, 3.05) is 20.2 Å². The normalized spacial score (nSPS) is 38.2. The van der Waals surface area contributed by atoms with Crippen molar-refractivity contribution in [2.45, 2.75) is 50.5 Å². The van der Waals surface area contributed by atoms with Crippen LogP contribution in [0.25, 0.3) is 0 Å². The molecule has 0 saturated carbocycles. The fraction of sp³-hybridized carbons (Fsp3) is 0.571. The lowest BCUT2D eigenvalue weighted by Crippen LogP contribution is -3.17. The van der Waals surface area contributed by atoms with E-state index < -0.39 is 0 Å². The molecule has 1 aliphatic carbocycles. The Bertz CT molecular complexity index is 786. The highest BCUT2D eigenvalue weighted by Gasteiger charge is 2.71. The third kappa shape index (κ3) is 1.77. The Labute approximate surface area is 149 Å². The smallest absolute Gasteiger partial charge is 0.339 e. The molecule has 2 fully saturated rings. The zero-order valence-corrected chi connectivity index (χ0v) is 15.2. The van der Waals surface area contributed by atoms with Gasteiger partial charge in [-0.25, -0.2) is 4.79 Å². The maximum atomic E-state index is 12.8. The van der Waals surface area contributed by atoms with Gasteiger partial charge in [0.25, 0.3) is 0 Å². The number of quaternary nitrogens is 2. The minimum Gasteiger partial charge on any atom is -0.465 e. The monoisotopic (exact) mass is 340 g/mol. The van der Waals surface area contributed by atoms with E-state index in [-0.39, 0.29) is 16.8 Å². The number of piperidine rings is 1. The summed E-state index contributed by atoms with van der Waals surface area (Å²) in [4.78, 5) is 14.5. The molecule has 0 bridgehead atoms. The molecule has 0 amide bonds. The summed E-state index contributed by atoms with van der Waals surface area (Å²) in [5.74, 6) is -0.108. The average molecular weight is 340 g/mol. The zero-order valence-electron chi connectivity index (χ0n) is 15.2. The van der Waals surface area contributed by atoms with E-state index in [0.717, 1.165) is 24.8 Å². The Morgan fingerprint density at radius 3 is 2.96 bits per heavy atom. The second kappa shape index (κ2) is 5.18. The number of methoxy groups -OCH3 is 1. The van der Waals surface area contributed by atoms with Gasteiger partial charge in [-0.3, -0.25) is 5.32 Å². The lowest BCUT2D eigenvalue weighted by Gasteiger charge is -2.51. The first-order chi connectivity index (χ1) is 12.2. The van der Waals surface area contributed by atoms with E-state index in [9.17, 15) is 4.79 Å². The highest BCUT2D eigenvalue weighted by Crippen LogP contribution is 2.58. The molecule has 3 heterocycles. The Hall–Kier alpha value is -1.65. The van der Waals surface area contributed by atoms with Crippen LogP contribution in [0, 0.1) is 5.41 Å². The first kappa shape index (κ1) is 15.6. The van der Waals surface area contributed by atoms with E-state index >= 15 is 0 Å². The summed E-state index contributed by atoms with van der Waals surface area (Å²) in [6.45, 7) is 4.85. The summed E-state index contributed by atoms with van der Waals surface area (Å²) in [6, 6.07) is 9.44. The van der Waals surface area contributed by atoms with E-state index in [1.807, 2.05) is 0 Å². The summed E-state index contributed by atoms with van der Waals surface area (Å²) >= 11 is 0. The molecule has 132 valence electrons. The highest BCUT2D eigenvalue weighted by molar-refractivity contribution is 5.90. The molecule has 2 saturated heterocycles. The van der Waals surface area contributed by atoms with Gasteiger partial charge >= 0.3 is 5.97 Å². The van der Waals surface area contributed by atoms with Crippen molar-refractivity contribution >= 4 is 11.7 Å². The summed E-state index contributed by atoms with van der Waals surface area (Å²) in [6.07, 6.45) is 5.74. The summed E-state index contributed by atoms with van der Waals surface area (Å²) in [7, 11) is 1.53. The number of nitrogens with two attached hydrogens (primary N) is 1. The highest BCUT2D eigenvalue weighted by atomic mass is 16.5. The molecule has 1 aromatic carbocycles. The van der Waals surface area contributed by atoms with Crippen molar-refractivity contribution in [3.05, 3.63) is 41.1 Å². The summed E-state index contributed by atoms with van der Waals surface area (Å²) in [5.41, 5.74) is 5.29. The lowest BCUT2D eigenvalue weighted by molar-refractivity contribution is -0.929. The van der Waals surface area contributed by atoms with E-state index in [1.54, 1.807) is 4.90 Å². The predicted molar refractivity (Wildman–Crippen MR) is 94.4 cm³/mol. The topological polar surface area (TPSA) is 47.4 Å². The summed E-state index contributed by atoms with van der Waals surface area (Å²) in [5, 5.41) is 2.30. The molecule has 0 aromatic heterocycles. The third-order valence-electron chi connectivity index (χ3n) is 7.74. The number of carbonyl (C=O) groups excluding carboxylic acids is 1. The van der Waals surface area contributed by atoms with Crippen molar-refractivity contribution < 1.29 is 19.7 Å². The van der Waals surface area contributed by atoms with Gasteiger partial charge in [0, 0.05) is 17.4 Å². The molecule has 4 unspecified atom stereocenters. The quantitative estimate of drug-likeness (QED) is 0.618. The SMILES string of the molecule is CCC12CCC[NH+]3CCC4(C(=C(C(=O)OC)C1)[NH2+]c1ccccc14)C32. The lowest BCUT2D eigenvalue weighted by atomic mass is 9.53. The number of rotatable bonds is 2. The fourth-order valence-electron chi connectivity index (χ4n) is 6.88. The Kier molecular flexibility index (Phi) is 3.23. The standard InChI is InChI=1S/C21H26N2O2/c1-3-20-9-6-11-23-12-10-21(19(20)23)15-7-4-5-8-16(15)22-17(21)14(13-20)18(24)25-2/h4-5,7-8,19,22H,3,6,9-13H2,1-2H3/p+2. The van der Waals surface area contributed by atoms with Crippen LogP contribution in [0.2, 0.25) is 0 Å². The first-order valence-corrected chi connectivity index (χ1v) is 9.77. The van der Waals surface area contributed by atoms with Gasteiger partial charge in [-0.1, -0.05) is 25.1 Å². The maximum Gasteiger partial charge on any atom is 0.339 e. The van der Waals surface area contributed by atoms with Crippen molar-refractivity contribution in [3.63, 3.8) is 0 Å². The molecule has 0 radical (unpaired) electrons. The molecule has 4 aliphatic rings. The second-order valence-corrected chi connectivity index (χ2v) is 8.42. The maximum absolute atomic E-state index is 12.8. The molecule has 4 nitrogen and oxygen atoms in total. The fourth-order valence-corrected chi connectivity index (χ4v) is 6.88. The van der Waals surface area contributed by atoms with Crippen LogP contribution in [0.3, 0.4) is 0 Å². The number of para-hydroxylation sites is 1. The van der Waals surface area contributed by atoms with Gasteiger partial charge in [0.15, 0.2) is 0 Å². The number of hydrogen-bond donors (Lipinski definition) is 2. The van der Waals surface area contributed by atoms with Crippen LogP contribution in [-0.4, -0.2) is 32.2 Å². The van der Waals surface area contributed by atoms with Crippen LogP contribution in [0.15, 0.2) is 35.5 Å². The van der Waals surface area contributed by atoms with Crippen molar-refractivity contribution in [1.82, 2.24) is 0 Å². The van der Waals surface area contributed by atoms with Crippen molar-refractivity contribution in [2.24, 2.45) is 5.41 Å². The number of hydrogen-bond acceptors (Lipinski definition) is 2. The molecule has 25 heavy (non-hydrogen) atoms. The Morgan fingerprint density at radius 2 is 2.16 bits per heavy atom.